The zero-order valence-corrected chi connectivity index (χ0v) is 21.5. The number of amides is 1. The van der Waals surface area contributed by atoms with Crippen molar-refractivity contribution in [1.29, 1.82) is 5.41 Å². The summed E-state index contributed by atoms with van der Waals surface area (Å²) in [6, 6.07) is 5.47. The normalized spacial score (nSPS) is 16.8. The second-order valence-electron chi connectivity index (χ2n) is 8.43. The number of hydrazone groups is 1. The summed E-state index contributed by atoms with van der Waals surface area (Å²) >= 11 is 7.75. The second-order valence-corrected chi connectivity index (χ2v) is 9.88. The van der Waals surface area contributed by atoms with Crippen molar-refractivity contribution >= 4 is 51.4 Å². The number of amidine groups is 2. The summed E-state index contributed by atoms with van der Waals surface area (Å²) in [6.45, 7) is 8.10. The first-order chi connectivity index (χ1) is 16.1. The van der Waals surface area contributed by atoms with Crippen LogP contribution in [0.15, 0.2) is 33.9 Å². The van der Waals surface area contributed by atoms with Crippen LogP contribution in [0, 0.1) is 25.2 Å². The molecule has 0 atom stereocenters. The quantitative estimate of drug-likeness (QED) is 0.535. The van der Waals surface area contributed by atoms with Crippen molar-refractivity contribution in [3.8, 4) is 17.2 Å². The van der Waals surface area contributed by atoms with Crippen molar-refractivity contribution in [2.75, 3.05) is 14.2 Å². The fourth-order valence-electron chi connectivity index (χ4n) is 3.94. The molecule has 0 fully saturated rings. The zero-order valence-electron chi connectivity index (χ0n) is 19.9. The van der Waals surface area contributed by atoms with E-state index in [0.29, 0.717) is 27.6 Å². The van der Waals surface area contributed by atoms with Crippen LogP contribution in [0.3, 0.4) is 0 Å². The van der Waals surface area contributed by atoms with Gasteiger partial charge in [-0.05, 0) is 55.3 Å². The van der Waals surface area contributed by atoms with Crippen LogP contribution in [0.4, 0.5) is 0 Å². The molecule has 1 amide bonds. The number of aliphatic imine (C=N–C) groups is 1. The Morgan fingerprint density at radius 2 is 1.88 bits per heavy atom. The molecular weight excluding hydrogens is 474 g/mol. The summed E-state index contributed by atoms with van der Waals surface area (Å²) in [6.07, 6.45) is 2.47. The Kier molecular flexibility index (Phi) is 6.60. The lowest BCUT2D eigenvalue weighted by atomic mass is 10.1. The number of fused-ring (bicyclic) bond motifs is 1. The highest BCUT2D eigenvalue weighted by Crippen LogP contribution is 2.37. The van der Waals surface area contributed by atoms with Gasteiger partial charge in [-0.2, -0.15) is 15.1 Å². The van der Waals surface area contributed by atoms with Gasteiger partial charge in [0.1, 0.15) is 16.5 Å². The van der Waals surface area contributed by atoms with Crippen LogP contribution < -0.4 is 9.47 Å². The third-order valence-electron chi connectivity index (χ3n) is 5.54. The highest BCUT2D eigenvalue weighted by atomic mass is 35.5. The summed E-state index contributed by atoms with van der Waals surface area (Å²) in [7, 11) is 3.14. The van der Waals surface area contributed by atoms with Crippen LogP contribution >= 0.6 is 23.4 Å². The first-order valence-corrected chi connectivity index (χ1v) is 11.9. The molecule has 2 aliphatic heterocycles. The number of carbonyl (C=O) groups is 1. The van der Waals surface area contributed by atoms with E-state index in [9.17, 15) is 4.79 Å². The zero-order chi connectivity index (χ0) is 24.7. The SMILES string of the molecule is COc1cc(OC)c(-n2c(C)cc(/C=C3/C(=N)N4N=C(CC(C)C)SC4=NC3=O)c2C)cc1Cl. The molecule has 0 unspecified atom stereocenters. The fraction of sp³-hybridized carbons (Fsp3) is 0.333. The first kappa shape index (κ1) is 24.1. The Balaban J connectivity index is 1.75. The number of nitrogens with zero attached hydrogens (tertiary/aromatic N) is 4. The predicted molar refractivity (Wildman–Crippen MR) is 138 cm³/mol. The minimum atomic E-state index is -0.445. The van der Waals surface area contributed by atoms with E-state index >= 15 is 0 Å². The molecule has 0 radical (unpaired) electrons. The van der Waals surface area contributed by atoms with Gasteiger partial charge in [-0.15, -0.1) is 0 Å². The van der Waals surface area contributed by atoms with E-state index in [2.05, 4.69) is 23.9 Å². The minimum Gasteiger partial charge on any atom is -0.495 e. The van der Waals surface area contributed by atoms with Crippen molar-refractivity contribution in [2.24, 2.45) is 16.0 Å². The van der Waals surface area contributed by atoms with Crippen molar-refractivity contribution in [1.82, 2.24) is 9.58 Å². The molecule has 1 N–H and O–H groups in total. The number of aromatic nitrogens is 1. The number of halogens is 1. The summed E-state index contributed by atoms with van der Waals surface area (Å²) in [4.78, 5) is 17.0. The molecule has 0 spiro atoms. The maximum Gasteiger partial charge on any atom is 0.283 e. The van der Waals surface area contributed by atoms with Gasteiger partial charge in [-0.1, -0.05) is 25.4 Å². The Labute approximate surface area is 207 Å². The summed E-state index contributed by atoms with van der Waals surface area (Å²) in [5.74, 6) is 1.11. The number of aryl methyl sites for hydroxylation is 1. The maximum atomic E-state index is 12.8. The molecule has 34 heavy (non-hydrogen) atoms. The number of thioether (sulfide) groups is 1. The number of rotatable bonds is 6. The Bertz CT molecular complexity index is 1290. The van der Waals surface area contributed by atoms with Crippen molar-refractivity contribution in [2.45, 2.75) is 34.1 Å². The summed E-state index contributed by atoms with van der Waals surface area (Å²) in [5.41, 5.74) is 3.50. The van der Waals surface area contributed by atoms with Crippen LogP contribution in [0.5, 0.6) is 11.5 Å². The molecule has 0 saturated heterocycles. The van der Waals surface area contributed by atoms with Gasteiger partial charge >= 0.3 is 0 Å². The minimum absolute atomic E-state index is 0.0242. The van der Waals surface area contributed by atoms with Gasteiger partial charge in [-0.25, -0.2) is 0 Å². The van der Waals surface area contributed by atoms with Crippen LogP contribution in [0.1, 0.15) is 37.2 Å². The number of carbonyl (C=O) groups excluding carboxylic acids is 1. The average Bonchev–Trinajstić information content (AvgIpc) is 3.29. The lowest BCUT2D eigenvalue weighted by Gasteiger charge is -2.20. The molecule has 1 aromatic heterocycles. The molecule has 2 aromatic rings. The van der Waals surface area contributed by atoms with E-state index in [4.69, 9.17) is 26.5 Å². The topological polar surface area (TPSA) is 92.3 Å². The van der Waals surface area contributed by atoms with Gasteiger partial charge < -0.3 is 14.0 Å². The van der Waals surface area contributed by atoms with E-state index in [1.165, 1.54) is 16.8 Å². The highest BCUT2D eigenvalue weighted by molar-refractivity contribution is 8.26. The molecular formula is C24H26ClN5O3S. The molecule has 2 aliphatic rings. The van der Waals surface area contributed by atoms with Gasteiger partial charge in [0, 0.05) is 23.9 Å². The number of ether oxygens (including phenoxy) is 2. The monoisotopic (exact) mass is 499 g/mol. The Hall–Kier alpha value is -3.04. The van der Waals surface area contributed by atoms with E-state index in [1.54, 1.807) is 32.4 Å². The molecule has 0 aliphatic carbocycles. The third kappa shape index (κ3) is 4.25. The number of methoxy groups -OCH3 is 2. The Morgan fingerprint density at radius 1 is 1.18 bits per heavy atom. The number of nitrogens with one attached hydrogen (secondary N) is 1. The largest absolute Gasteiger partial charge is 0.495 e. The van der Waals surface area contributed by atoms with E-state index < -0.39 is 5.91 Å². The molecule has 10 heteroatoms. The first-order valence-electron chi connectivity index (χ1n) is 10.7. The van der Waals surface area contributed by atoms with Gasteiger partial charge in [0.25, 0.3) is 5.91 Å². The number of hydrogen-bond donors (Lipinski definition) is 1. The van der Waals surface area contributed by atoms with Crippen LogP contribution in [-0.2, 0) is 4.79 Å². The van der Waals surface area contributed by atoms with Crippen molar-refractivity contribution < 1.29 is 14.3 Å². The van der Waals surface area contributed by atoms with Gasteiger partial charge in [-0.3, -0.25) is 10.2 Å². The van der Waals surface area contributed by atoms with Gasteiger partial charge in [0.2, 0.25) is 5.17 Å². The fourth-order valence-corrected chi connectivity index (χ4v) is 5.27. The average molecular weight is 500 g/mol. The maximum absolute atomic E-state index is 12.8. The van der Waals surface area contributed by atoms with Gasteiger partial charge in [0.05, 0.1) is 30.5 Å². The van der Waals surface area contributed by atoms with Crippen molar-refractivity contribution in [3.05, 3.63) is 45.7 Å². The second kappa shape index (κ2) is 9.31. The molecule has 0 saturated carbocycles. The predicted octanol–water partition coefficient (Wildman–Crippen LogP) is 5.43. The number of benzene rings is 1. The molecule has 3 heterocycles. The lowest BCUT2D eigenvalue weighted by molar-refractivity contribution is -0.114. The van der Waals surface area contributed by atoms with E-state index in [0.717, 1.165) is 34.1 Å². The van der Waals surface area contributed by atoms with Crippen LogP contribution in [-0.4, -0.2) is 45.7 Å². The van der Waals surface area contributed by atoms with Crippen molar-refractivity contribution in [3.63, 3.8) is 0 Å². The number of hydrogen-bond acceptors (Lipinski definition) is 6. The Morgan fingerprint density at radius 3 is 2.53 bits per heavy atom. The molecule has 0 bridgehead atoms. The third-order valence-corrected chi connectivity index (χ3v) is 6.77. The van der Waals surface area contributed by atoms with E-state index in [1.807, 2.05) is 24.5 Å². The lowest BCUT2D eigenvalue weighted by Crippen LogP contribution is -2.35. The van der Waals surface area contributed by atoms with Crippen LogP contribution in [0.2, 0.25) is 5.02 Å². The van der Waals surface area contributed by atoms with Gasteiger partial charge in [0.15, 0.2) is 5.84 Å². The molecule has 8 nitrogen and oxygen atoms in total. The standard InChI is InChI=1S/C24H26ClN5O3S/c1-12(2)7-21-28-30-22(26)16(23(31)27-24(30)34-21)9-15-8-13(3)29(14(15)4)18-10-17(25)19(32-5)11-20(18)33-6/h8-12,26H,7H2,1-6H3/b16-9-,26-22?. The molecule has 4 rings (SSSR count). The highest BCUT2D eigenvalue weighted by Gasteiger charge is 2.35. The van der Waals surface area contributed by atoms with Crippen LogP contribution in [0.25, 0.3) is 11.8 Å². The molecule has 1 aromatic carbocycles. The summed E-state index contributed by atoms with van der Waals surface area (Å²) in [5, 5.41) is 16.3. The summed E-state index contributed by atoms with van der Waals surface area (Å²) < 4.78 is 12.9. The smallest absolute Gasteiger partial charge is 0.283 e. The molecule has 178 valence electrons. The van der Waals surface area contributed by atoms with E-state index in [-0.39, 0.29) is 11.4 Å².